The van der Waals surface area contributed by atoms with Crippen LogP contribution in [0.2, 0.25) is 0 Å². The number of hydrogen-bond acceptors (Lipinski definition) is 7. The second kappa shape index (κ2) is 6.86. The van der Waals surface area contributed by atoms with Gasteiger partial charge in [0, 0.05) is 42.7 Å². The largest absolute Gasteiger partial charge is 0.481 e. The maximum absolute atomic E-state index is 11.6. The Kier molecular flexibility index (Phi) is 4.64. The van der Waals surface area contributed by atoms with Crippen molar-refractivity contribution in [3.8, 4) is 5.88 Å². The number of H-pyrrole nitrogens is 1. The Morgan fingerprint density at radius 2 is 1.88 bits per heavy atom. The van der Waals surface area contributed by atoms with Gasteiger partial charge in [-0.1, -0.05) is 0 Å². The fourth-order valence-corrected chi connectivity index (χ4v) is 2.84. The lowest BCUT2D eigenvalue weighted by Gasteiger charge is -2.32. The molecular weight excluding hydrogens is 308 g/mol. The minimum Gasteiger partial charge on any atom is -0.481 e. The molecule has 0 radical (unpaired) electrons. The molecule has 2 aromatic heterocycles. The van der Waals surface area contributed by atoms with Gasteiger partial charge in [0.1, 0.15) is 0 Å². The van der Waals surface area contributed by atoms with Crippen LogP contribution in [0.15, 0.2) is 16.9 Å². The number of rotatable bonds is 4. The lowest BCUT2D eigenvalue weighted by Crippen LogP contribution is -2.40. The molecule has 1 aliphatic heterocycles. The van der Waals surface area contributed by atoms with Crippen LogP contribution in [0.1, 0.15) is 24.2 Å². The van der Waals surface area contributed by atoms with Gasteiger partial charge in [-0.3, -0.25) is 9.78 Å². The first-order chi connectivity index (χ1) is 11.5. The molecule has 3 heterocycles. The maximum Gasteiger partial charge on any atom is 0.252 e. The molecule has 0 amide bonds. The van der Waals surface area contributed by atoms with E-state index >= 15 is 0 Å². The standard InChI is InChI=1S/C16H22N6O2/c1-10-8-13(23)20-16(18-10)22-6-4-12(5-7-22)19-15-17-11(2)9-14(21-15)24-3/h8-9,12H,4-7H2,1-3H3,(H,17,19,21)(H,18,20,23). The highest BCUT2D eigenvalue weighted by Crippen LogP contribution is 2.19. The zero-order valence-electron chi connectivity index (χ0n) is 14.2. The molecule has 3 rings (SSSR count). The van der Waals surface area contributed by atoms with Crippen LogP contribution in [0, 0.1) is 13.8 Å². The van der Waals surface area contributed by atoms with E-state index in [-0.39, 0.29) is 11.6 Å². The second-order valence-corrected chi connectivity index (χ2v) is 5.99. The van der Waals surface area contributed by atoms with Gasteiger partial charge in [-0.15, -0.1) is 0 Å². The first kappa shape index (κ1) is 16.2. The minimum absolute atomic E-state index is 0.113. The lowest BCUT2D eigenvalue weighted by atomic mass is 10.1. The summed E-state index contributed by atoms with van der Waals surface area (Å²) in [5, 5.41) is 3.37. The molecule has 1 aliphatic rings. The number of aryl methyl sites for hydroxylation is 2. The summed E-state index contributed by atoms with van der Waals surface area (Å²) in [6.45, 7) is 5.37. The number of aromatic amines is 1. The Morgan fingerprint density at radius 3 is 2.54 bits per heavy atom. The summed E-state index contributed by atoms with van der Waals surface area (Å²) in [6, 6.07) is 3.58. The second-order valence-electron chi connectivity index (χ2n) is 5.99. The molecule has 0 spiro atoms. The number of nitrogens with zero attached hydrogens (tertiary/aromatic N) is 4. The summed E-state index contributed by atoms with van der Waals surface area (Å²) >= 11 is 0. The maximum atomic E-state index is 11.6. The van der Waals surface area contributed by atoms with E-state index in [9.17, 15) is 4.79 Å². The normalized spacial score (nSPS) is 15.4. The van der Waals surface area contributed by atoms with E-state index < -0.39 is 0 Å². The topological polar surface area (TPSA) is 96.0 Å². The molecule has 1 saturated heterocycles. The van der Waals surface area contributed by atoms with Crippen LogP contribution in [0.3, 0.4) is 0 Å². The van der Waals surface area contributed by atoms with Gasteiger partial charge in [0.25, 0.3) is 5.56 Å². The van der Waals surface area contributed by atoms with E-state index in [2.05, 4.69) is 30.2 Å². The number of anilines is 2. The number of hydrogen-bond donors (Lipinski definition) is 2. The van der Waals surface area contributed by atoms with E-state index in [4.69, 9.17) is 4.74 Å². The van der Waals surface area contributed by atoms with Crippen LogP contribution in [0.4, 0.5) is 11.9 Å². The van der Waals surface area contributed by atoms with Crippen LogP contribution in [-0.2, 0) is 0 Å². The third kappa shape index (κ3) is 3.81. The molecule has 0 atom stereocenters. The van der Waals surface area contributed by atoms with Gasteiger partial charge >= 0.3 is 0 Å². The molecular formula is C16H22N6O2. The van der Waals surface area contributed by atoms with E-state index in [1.165, 1.54) is 6.07 Å². The summed E-state index contributed by atoms with van der Waals surface area (Å²) < 4.78 is 5.18. The van der Waals surface area contributed by atoms with Crippen molar-refractivity contribution in [3.63, 3.8) is 0 Å². The smallest absolute Gasteiger partial charge is 0.252 e. The Balaban J connectivity index is 1.63. The monoisotopic (exact) mass is 330 g/mol. The van der Waals surface area contributed by atoms with Crippen molar-refractivity contribution in [2.75, 3.05) is 30.4 Å². The van der Waals surface area contributed by atoms with Gasteiger partial charge in [-0.05, 0) is 26.7 Å². The molecule has 1 fully saturated rings. The van der Waals surface area contributed by atoms with Crippen molar-refractivity contribution in [1.29, 1.82) is 0 Å². The number of aromatic nitrogens is 4. The molecule has 0 bridgehead atoms. The van der Waals surface area contributed by atoms with Gasteiger partial charge in [0.05, 0.1) is 7.11 Å². The number of nitrogens with one attached hydrogen (secondary N) is 2. The summed E-state index contributed by atoms with van der Waals surface area (Å²) in [4.78, 5) is 29.6. The lowest BCUT2D eigenvalue weighted by molar-refractivity contribution is 0.396. The molecule has 2 aromatic rings. The quantitative estimate of drug-likeness (QED) is 0.871. The Bertz CT molecular complexity index is 767. The number of ether oxygens (including phenoxy) is 1. The Hall–Kier alpha value is -2.64. The van der Waals surface area contributed by atoms with E-state index in [1.807, 2.05) is 13.8 Å². The molecule has 8 heteroatoms. The van der Waals surface area contributed by atoms with Crippen molar-refractivity contribution in [1.82, 2.24) is 19.9 Å². The summed E-state index contributed by atoms with van der Waals surface area (Å²) in [5.74, 6) is 1.79. The summed E-state index contributed by atoms with van der Waals surface area (Å²) in [7, 11) is 1.60. The van der Waals surface area contributed by atoms with Crippen LogP contribution < -0.4 is 20.5 Å². The van der Waals surface area contributed by atoms with Gasteiger partial charge in [0.15, 0.2) is 0 Å². The molecule has 0 saturated carbocycles. The van der Waals surface area contributed by atoms with Crippen molar-refractivity contribution in [2.24, 2.45) is 0 Å². The third-order valence-corrected chi connectivity index (χ3v) is 4.02. The highest BCUT2D eigenvalue weighted by Gasteiger charge is 2.21. The third-order valence-electron chi connectivity index (χ3n) is 4.02. The number of methoxy groups -OCH3 is 1. The minimum atomic E-state index is -0.113. The van der Waals surface area contributed by atoms with Crippen LogP contribution in [0.5, 0.6) is 5.88 Å². The average Bonchev–Trinajstić information content (AvgIpc) is 2.54. The Labute approximate surface area is 140 Å². The molecule has 0 aliphatic carbocycles. The van der Waals surface area contributed by atoms with Crippen LogP contribution in [0.25, 0.3) is 0 Å². The van der Waals surface area contributed by atoms with Crippen molar-refractivity contribution in [3.05, 3.63) is 33.9 Å². The molecule has 0 aromatic carbocycles. The molecule has 128 valence electrons. The number of piperidine rings is 1. The van der Waals surface area contributed by atoms with Crippen molar-refractivity contribution < 1.29 is 4.74 Å². The average molecular weight is 330 g/mol. The van der Waals surface area contributed by atoms with E-state index in [1.54, 1.807) is 13.2 Å². The highest BCUT2D eigenvalue weighted by atomic mass is 16.5. The predicted molar refractivity (Wildman–Crippen MR) is 91.8 cm³/mol. The van der Waals surface area contributed by atoms with E-state index in [0.29, 0.717) is 17.8 Å². The van der Waals surface area contributed by atoms with Crippen LogP contribution >= 0.6 is 0 Å². The Morgan fingerprint density at radius 1 is 1.17 bits per heavy atom. The van der Waals surface area contributed by atoms with Crippen LogP contribution in [-0.4, -0.2) is 46.2 Å². The first-order valence-electron chi connectivity index (χ1n) is 8.02. The zero-order chi connectivity index (χ0) is 17.1. The van der Waals surface area contributed by atoms with Gasteiger partial charge < -0.3 is 15.0 Å². The van der Waals surface area contributed by atoms with Gasteiger partial charge in [-0.25, -0.2) is 9.97 Å². The zero-order valence-corrected chi connectivity index (χ0v) is 14.2. The SMILES string of the molecule is COc1cc(C)nc(NC2CCN(c3nc(C)cc(=O)[nH]3)CC2)n1. The fourth-order valence-electron chi connectivity index (χ4n) is 2.84. The summed E-state index contributed by atoms with van der Waals surface area (Å²) in [5.41, 5.74) is 1.48. The molecule has 2 N–H and O–H groups in total. The highest BCUT2D eigenvalue weighted by molar-refractivity contribution is 5.34. The predicted octanol–water partition coefficient (Wildman–Crippen LogP) is 1.27. The van der Waals surface area contributed by atoms with Crippen molar-refractivity contribution >= 4 is 11.9 Å². The fraction of sp³-hybridized carbons (Fsp3) is 0.500. The molecule has 0 unspecified atom stereocenters. The molecule has 24 heavy (non-hydrogen) atoms. The molecule has 8 nitrogen and oxygen atoms in total. The van der Waals surface area contributed by atoms with E-state index in [0.717, 1.165) is 37.3 Å². The van der Waals surface area contributed by atoms with Gasteiger partial charge in [0.2, 0.25) is 17.8 Å². The van der Waals surface area contributed by atoms with Gasteiger partial charge in [-0.2, -0.15) is 4.98 Å². The summed E-state index contributed by atoms with van der Waals surface area (Å²) in [6.07, 6.45) is 1.83. The van der Waals surface area contributed by atoms with Crippen molar-refractivity contribution in [2.45, 2.75) is 32.7 Å². The first-order valence-corrected chi connectivity index (χ1v) is 8.02.